The number of carbonyl (C=O) groups is 1. The number of carbonyl (C=O) groups excluding carboxylic acids is 1. The molecule has 3 nitrogen and oxygen atoms in total. The van der Waals surface area contributed by atoms with E-state index in [9.17, 15) is 13.6 Å². The Morgan fingerprint density at radius 2 is 1.95 bits per heavy atom. The van der Waals surface area contributed by atoms with Gasteiger partial charge in [-0.25, -0.2) is 8.78 Å². The van der Waals surface area contributed by atoms with E-state index in [1.807, 2.05) is 0 Å². The van der Waals surface area contributed by atoms with Crippen molar-refractivity contribution in [3.63, 3.8) is 0 Å². The maximum atomic E-state index is 13.6. The zero-order chi connectivity index (χ0) is 15.6. The molecule has 0 fully saturated rings. The molecule has 1 unspecified atom stereocenters. The van der Waals surface area contributed by atoms with Crippen molar-refractivity contribution in [1.82, 2.24) is 5.32 Å². The monoisotopic (exact) mass is 310 g/mol. The molecule has 0 heterocycles. The molecule has 110 valence electrons. The Kier molecular flexibility index (Phi) is 4.43. The molecule has 0 aromatic heterocycles. The van der Waals surface area contributed by atoms with Crippen molar-refractivity contribution in [1.29, 1.82) is 0 Å². The average molecular weight is 311 g/mol. The molecule has 3 N–H and O–H groups in total. The van der Waals surface area contributed by atoms with Gasteiger partial charge in [0.2, 0.25) is 0 Å². The molecular formula is C15H13ClF2N2O. The van der Waals surface area contributed by atoms with Crippen LogP contribution in [-0.2, 0) is 0 Å². The number of nitrogen functional groups attached to an aromatic ring is 1. The van der Waals surface area contributed by atoms with Crippen LogP contribution in [0.25, 0.3) is 0 Å². The van der Waals surface area contributed by atoms with E-state index in [1.165, 1.54) is 18.2 Å². The van der Waals surface area contributed by atoms with Crippen LogP contribution >= 0.6 is 11.6 Å². The smallest absolute Gasteiger partial charge is 0.253 e. The van der Waals surface area contributed by atoms with Crippen LogP contribution in [0.1, 0.15) is 28.9 Å². The third kappa shape index (κ3) is 3.49. The molecule has 0 aliphatic heterocycles. The number of hydrogen-bond donors (Lipinski definition) is 2. The van der Waals surface area contributed by atoms with Crippen molar-refractivity contribution in [2.75, 3.05) is 5.73 Å². The van der Waals surface area contributed by atoms with Crippen LogP contribution in [0, 0.1) is 11.6 Å². The predicted octanol–water partition coefficient (Wildman–Crippen LogP) is 3.69. The summed E-state index contributed by atoms with van der Waals surface area (Å²) in [5.41, 5.74) is 6.22. The summed E-state index contributed by atoms with van der Waals surface area (Å²) in [6.07, 6.45) is 0. The summed E-state index contributed by atoms with van der Waals surface area (Å²) in [5, 5.41) is 2.98. The van der Waals surface area contributed by atoms with Gasteiger partial charge in [-0.1, -0.05) is 11.6 Å². The Labute approximate surface area is 125 Å². The molecule has 0 spiro atoms. The molecule has 0 bridgehead atoms. The predicted molar refractivity (Wildman–Crippen MR) is 78.1 cm³/mol. The van der Waals surface area contributed by atoms with Crippen LogP contribution in [-0.4, -0.2) is 5.91 Å². The van der Waals surface area contributed by atoms with Gasteiger partial charge in [0, 0.05) is 16.3 Å². The van der Waals surface area contributed by atoms with Crippen LogP contribution in [0.5, 0.6) is 0 Å². The summed E-state index contributed by atoms with van der Waals surface area (Å²) in [4.78, 5) is 12.1. The quantitative estimate of drug-likeness (QED) is 0.849. The van der Waals surface area contributed by atoms with Gasteiger partial charge in [-0.05, 0) is 43.3 Å². The maximum absolute atomic E-state index is 13.6. The molecule has 2 rings (SSSR count). The number of anilines is 1. The lowest BCUT2D eigenvalue weighted by Crippen LogP contribution is -2.28. The molecule has 1 atom stereocenters. The Bertz CT molecular complexity index is 691. The highest BCUT2D eigenvalue weighted by Crippen LogP contribution is 2.21. The molecule has 0 saturated heterocycles. The number of nitrogens with two attached hydrogens (primary N) is 1. The molecule has 0 aliphatic carbocycles. The van der Waals surface area contributed by atoms with E-state index < -0.39 is 23.6 Å². The zero-order valence-electron chi connectivity index (χ0n) is 11.2. The van der Waals surface area contributed by atoms with Gasteiger partial charge in [0.05, 0.1) is 11.6 Å². The fourth-order valence-electron chi connectivity index (χ4n) is 1.94. The summed E-state index contributed by atoms with van der Waals surface area (Å²) < 4.78 is 26.8. The first-order valence-corrected chi connectivity index (χ1v) is 6.57. The Hall–Kier alpha value is -2.14. The number of rotatable bonds is 3. The summed E-state index contributed by atoms with van der Waals surface area (Å²) in [7, 11) is 0. The number of amides is 1. The van der Waals surface area contributed by atoms with E-state index in [0.29, 0.717) is 5.02 Å². The van der Waals surface area contributed by atoms with Crippen molar-refractivity contribution in [3.05, 3.63) is 64.2 Å². The number of nitrogens with one attached hydrogen (secondary N) is 1. The minimum atomic E-state index is -0.705. The summed E-state index contributed by atoms with van der Waals surface area (Å²) in [5.74, 6) is -1.65. The minimum Gasteiger partial charge on any atom is -0.398 e. The zero-order valence-corrected chi connectivity index (χ0v) is 11.9. The highest BCUT2D eigenvalue weighted by atomic mass is 35.5. The summed E-state index contributed by atoms with van der Waals surface area (Å²) in [6.45, 7) is 1.56. The first-order valence-electron chi connectivity index (χ1n) is 6.19. The van der Waals surface area contributed by atoms with Crippen molar-refractivity contribution in [2.45, 2.75) is 13.0 Å². The van der Waals surface area contributed by atoms with Crippen molar-refractivity contribution >= 4 is 23.2 Å². The maximum Gasteiger partial charge on any atom is 0.253 e. The van der Waals surface area contributed by atoms with E-state index in [2.05, 4.69) is 5.32 Å². The van der Waals surface area contributed by atoms with Gasteiger partial charge in [0.25, 0.3) is 5.91 Å². The topological polar surface area (TPSA) is 55.1 Å². The number of hydrogen-bond acceptors (Lipinski definition) is 2. The van der Waals surface area contributed by atoms with E-state index in [4.69, 9.17) is 17.3 Å². The van der Waals surface area contributed by atoms with Crippen molar-refractivity contribution in [2.24, 2.45) is 0 Å². The Morgan fingerprint density at radius 3 is 2.62 bits per heavy atom. The molecule has 21 heavy (non-hydrogen) atoms. The van der Waals surface area contributed by atoms with E-state index >= 15 is 0 Å². The van der Waals surface area contributed by atoms with Gasteiger partial charge in [-0.3, -0.25) is 4.79 Å². The Morgan fingerprint density at radius 1 is 1.24 bits per heavy atom. The largest absolute Gasteiger partial charge is 0.398 e. The van der Waals surface area contributed by atoms with Crippen LogP contribution in [0.15, 0.2) is 36.4 Å². The minimum absolute atomic E-state index is 0.0656. The Balaban J connectivity index is 2.20. The van der Waals surface area contributed by atoms with Crippen LogP contribution < -0.4 is 11.1 Å². The summed E-state index contributed by atoms with van der Waals surface area (Å²) in [6, 6.07) is 6.83. The lowest BCUT2D eigenvalue weighted by molar-refractivity contribution is 0.0940. The van der Waals surface area contributed by atoms with Crippen LogP contribution in [0.3, 0.4) is 0 Å². The molecule has 2 aromatic carbocycles. The molecule has 0 saturated carbocycles. The second-order valence-electron chi connectivity index (χ2n) is 4.59. The first kappa shape index (κ1) is 15.3. The van der Waals surface area contributed by atoms with Crippen LogP contribution in [0.4, 0.5) is 14.5 Å². The molecular weight excluding hydrogens is 298 g/mol. The lowest BCUT2D eigenvalue weighted by Gasteiger charge is -2.16. The fourth-order valence-corrected chi connectivity index (χ4v) is 2.12. The standard InChI is InChI=1S/C15H13ClF2N2O/c1-8(12-7-10(17)3-5-13(12)18)20-15(21)11-4-2-9(16)6-14(11)19/h2-8H,19H2,1H3,(H,20,21). The van der Waals surface area contributed by atoms with E-state index in [-0.39, 0.29) is 16.8 Å². The average Bonchev–Trinajstić information content (AvgIpc) is 2.41. The van der Waals surface area contributed by atoms with Gasteiger partial charge in [0.1, 0.15) is 11.6 Å². The normalized spacial score (nSPS) is 12.0. The van der Waals surface area contributed by atoms with E-state index in [0.717, 1.165) is 18.2 Å². The third-order valence-corrected chi connectivity index (χ3v) is 3.27. The molecule has 1 amide bonds. The molecule has 0 radical (unpaired) electrons. The highest BCUT2D eigenvalue weighted by molar-refractivity contribution is 6.31. The first-order chi connectivity index (χ1) is 9.88. The molecule has 6 heteroatoms. The van der Waals surface area contributed by atoms with Gasteiger partial charge < -0.3 is 11.1 Å². The van der Waals surface area contributed by atoms with Gasteiger partial charge in [-0.2, -0.15) is 0 Å². The van der Waals surface area contributed by atoms with Gasteiger partial charge in [0.15, 0.2) is 0 Å². The summed E-state index contributed by atoms with van der Waals surface area (Å²) >= 11 is 5.76. The second kappa shape index (κ2) is 6.10. The highest BCUT2D eigenvalue weighted by Gasteiger charge is 2.17. The van der Waals surface area contributed by atoms with Gasteiger partial charge >= 0.3 is 0 Å². The molecule has 0 aliphatic rings. The number of halogens is 3. The van der Waals surface area contributed by atoms with Gasteiger partial charge in [-0.15, -0.1) is 0 Å². The second-order valence-corrected chi connectivity index (χ2v) is 5.03. The van der Waals surface area contributed by atoms with E-state index in [1.54, 1.807) is 6.92 Å². The molecule has 2 aromatic rings. The number of benzene rings is 2. The lowest BCUT2D eigenvalue weighted by atomic mass is 10.1. The SMILES string of the molecule is CC(NC(=O)c1ccc(Cl)cc1N)c1cc(F)ccc1F. The van der Waals surface area contributed by atoms with Crippen LogP contribution in [0.2, 0.25) is 5.02 Å². The van der Waals surface area contributed by atoms with Crippen molar-refractivity contribution < 1.29 is 13.6 Å². The van der Waals surface area contributed by atoms with Crippen molar-refractivity contribution in [3.8, 4) is 0 Å². The fraction of sp³-hybridized carbons (Fsp3) is 0.133. The third-order valence-electron chi connectivity index (χ3n) is 3.03.